The molecular weight excluding hydrogens is 336 g/mol. The molecule has 0 radical (unpaired) electrons. The van der Waals surface area contributed by atoms with Crippen molar-refractivity contribution >= 4 is 39.9 Å². The SMILES string of the molecule is COc1ccc(NC(=O)C2CC(O)CN2)cc1Br.Cl. The quantitative estimate of drug-likeness (QED) is 0.772. The zero-order chi connectivity index (χ0) is 13.1. The lowest BCUT2D eigenvalue weighted by molar-refractivity contribution is -0.117. The predicted octanol–water partition coefficient (Wildman–Crippen LogP) is 1.54. The summed E-state index contributed by atoms with van der Waals surface area (Å²) in [4.78, 5) is 11.9. The van der Waals surface area contributed by atoms with Gasteiger partial charge in [0.1, 0.15) is 5.75 Å². The highest BCUT2D eigenvalue weighted by Crippen LogP contribution is 2.27. The first-order valence-electron chi connectivity index (χ1n) is 5.66. The van der Waals surface area contributed by atoms with E-state index in [1.165, 1.54) is 0 Å². The summed E-state index contributed by atoms with van der Waals surface area (Å²) >= 11 is 3.36. The Hall–Kier alpha value is -0.820. The van der Waals surface area contributed by atoms with Crippen LogP contribution in [-0.4, -0.2) is 36.8 Å². The van der Waals surface area contributed by atoms with Crippen molar-refractivity contribution in [1.29, 1.82) is 0 Å². The second kappa shape index (κ2) is 7.09. The van der Waals surface area contributed by atoms with Crippen molar-refractivity contribution in [2.45, 2.75) is 18.6 Å². The smallest absolute Gasteiger partial charge is 0.241 e. The Bertz CT molecular complexity index is 459. The lowest BCUT2D eigenvalue weighted by Gasteiger charge is -2.12. The summed E-state index contributed by atoms with van der Waals surface area (Å²) in [5.41, 5.74) is 0.691. The lowest BCUT2D eigenvalue weighted by atomic mass is 10.2. The highest BCUT2D eigenvalue weighted by molar-refractivity contribution is 9.10. The average molecular weight is 352 g/mol. The van der Waals surface area contributed by atoms with Gasteiger partial charge in [0.2, 0.25) is 5.91 Å². The summed E-state index contributed by atoms with van der Waals surface area (Å²) in [6.07, 6.45) is 0.00624. The molecule has 1 saturated heterocycles. The van der Waals surface area contributed by atoms with Gasteiger partial charge in [0, 0.05) is 12.2 Å². The Morgan fingerprint density at radius 1 is 1.58 bits per heavy atom. The molecule has 0 bridgehead atoms. The van der Waals surface area contributed by atoms with E-state index in [2.05, 4.69) is 26.6 Å². The number of aliphatic hydroxyl groups is 1. The van der Waals surface area contributed by atoms with Crippen LogP contribution in [0.1, 0.15) is 6.42 Å². The topological polar surface area (TPSA) is 70.6 Å². The van der Waals surface area contributed by atoms with Crippen LogP contribution in [0.2, 0.25) is 0 Å². The molecule has 1 aromatic carbocycles. The molecule has 1 amide bonds. The molecule has 0 aromatic heterocycles. The van der Waals surface area contributed by atoms with Gasteiger partial charge in [0.15, 0.2) is 0 Å². The second-order valence-electron chi connectivity index (χ2n) is 4.19. The molecule has 7 heteroatoms. The van der Waals surface area contributed by atoms with E-state index in [-0.39, 0.29) is 24.4 Å². The maximum Gasteiger partial charge on any atom is 0.241 e. The fourth-order valence-electron chi connectivity index (χ4n) is 1.89. The molecule has 106 valence electrons. The number of aliphatic hydroxyl groups excluding tert-OH is 1. The summed E-state index contributed by atoms with van der Waals surface area (Å²) in [5.74, 6) is 0.575. The van der Waals surface area contributed by atoms with Gasteiger partial charge in [0.25, 0.3) is 0 Å². The van der Waals surface area contributed by atoms with Crippen LogP contribution in [0, 0.1) is 0 Å². The van der Waals surface area contributed by atoms with Gasteiger partial charge >= 0.3 is 0 Å². The molecule has 1 aromatic rings. The van der Waals surface area contributed by atoms with Crippen LogP contribution in [0.3, 0.4) is 0 Å². The van der Waals surface area contributed by atoms with E-state index < -0.39 is 6.10 Å². The summed E-state index contributed by atoms with van der Waals surface area (Å²) < 4.78 is 5.89. The van der Waals surface area contributed by atoms with Gasteiger partial charge in [0.05, 0.1) is 23.7 Å². The highest BCUT2D eigenvalue weighted by atomic mass is 79.9. The fourth-order valence-corrected chi connectivity index (χ4v) is 2.43. The monoisotopic (exact) mass is 350 g/mol. The Labute approximate surface area is 126 Å². The molecule has 2 atom stereocenters. The maximum absolute atomic E-state index is 11.9. The van der Waals surface area contributed by atoms with Crippen LogP contribution in [-0.2, 0) is 4.79 Å². The Kier molecular flexibility index (Phi) is 6.06. The summed E-state index contributed by atoms with van der Waals surface area (Å²) in [6.45, 7) is 0.463. The van der Waals surface area contributed by atoms with Crippen LogP contribution in [0.15, 0.2) is 22.7 Å². The number of amides is 1. The molecule has 0 aliphatic carbocycles. The summed E-state index contributed by atoms with van der Waals surface area (Å²) in [6, 6.07) is 4.99. The van der Waals surface area contributed by atoms with E-state index in [0.29, 0.717) is 24.4 Å². The van der Waals surface area contributed by atoms with Gasteiger partial charge in [-0.15, -0.1) is 12.4 Å². The molecule has 0 saturated carbocycles. The van der Waals surface area contributed by atoms with Gasteiger partial charge in [-0.1, -0.05) is 0 Å². The van der Waals surface area contributed by atoms with E-state index in [0.717, 1.165) is 4.47 Å². The molecule has 5 nitrogen and oxygen atoms in total. The highest BCUT2D eigenvalue weighted by Gasteiger charge is 2.27. The normalized spacial score (nSPS) is 21.6. The van der Waals surface area contributed by atoms with Crippen molar-refractivity contribution < 1.29 is 14.6 Å². The van der Waals surface area contributed by atoms with Crippen molar-refractivity contribution in [2.75, 3.05) is 19.0 Å². The van der Waals surface area contributed by atoms with Gasteiger partial charge in [-0.05, 0) is 40.5 Å². The number of methoxy groups -OCH3 is 1. The minimum atomic E-state index is -0.441. The van der Waals surface area contributed by atoms with Gasteiger partial charge in [-0.3, -0.25) is 4.79 Å². The average Bonchev–Trinajstić information content (AvgIpc) is 2.76. The molecular formula is C12H16BrClN2O3. The van der Waals surface area contributed by atoms with Crippen molar-refractivity contribution in [1.82, 2.24) is 5.32 Å². The Morgan fingerprint density at radius 2 is 2.32 bits per heavy atom. The zero-order valence-corrected chi connectivity index (χ0v) is 12.8. The van der Waals surface area contributed by atoms with Crippen LogP contribution in [0.25, 0.3) is 0 Å². The van der Waals surface area contributed by atoms with E-state index in [4.69, 9.17) is 4.74 Å². The van der Waals surface area contributed by atoms with E-state index in [9.17, 15) is 9.90 Å². The molecule has 1 heterocycles. The standard InChI is InChI=1S/C12H15BrN2O3.ClH/c1-18-11-3-2-7(4-9(11)13)15-12(17)10-5-8(16)6-14-10;/h2-4,8,10,14,16H,5-6H2,1H3,(H,15,17);1H. The third-order valence-electron chi connectivity index (χ3n) is 2.84. The number of carbonyl (C=O) groups excluding carboxylic acids is 1. The number of anilines is 1. The number of hydrogen-bond acceptors (Lipinski definition) is 4. The molecule has 19 heavy (non-hydrogen) atoms. The third-order valence-corrected chi connectivity index (χ3v) is 3.46. The van der Waals surface area contributed by atoms with E-state index in [1.54, 1.807) is 25.3 Å². The first-order valence-corrected chi connectivity index (χ1v) is 6.45. The molecule has 3 N–H and O–H groups in total. The van der Waals surface area contributed by atoms with Gasteiger partial charge < -0.3 is 20.5 Å². The Balaban J connectivity index is 0.00000180. The largest absolute Gasteiger partial charge is 0.496 e. The van der Waals surface area contributed by atoms with Crippen LogP contribution < -0.4 is 15.4 Å². The number of β-amino-alcohol motifs (C(OH)–C–C–N with tert-alkyl or cyclic N) is 1. The van der Waals surface area contributed by atoms with E-state index in [1.807, 2.05) is 0 Å². The summed E-state index contributed by atoms with van der Waals surface area (Å²) in [5, 5.41) is 15.1. The molecule has 2 unspecified atom stereocenters. The van der Waals surface area contributed by atoms with Crippen LogP contribution >= 0.6 is 28.3 Å². The van der Waals surface area contributed by atoms with Crippen molar-refractivity contribution in [2.24, 2.45) is 0 Å². The number of halogens is 2. The number of benzene rings is 1. The number of ether oxygens (including phenoxy) is 1. The predicted molar refractivity (Wildman–Crippen MR) is 79.0 cm³/mol. The second-order valence-corrected chi connectivity index (χ2v) is 5.04. The Morgan fingerprint density at radius 3 is 2.84 bits per heavy atom. The molecule has 1 aliphatic heterocycles. The minimum absolute atomic E-state index is 0. The molecule has 2 rings (SSSR count). The maximum atomic E-state index is 11.9. The minimum Gasteiger partial charge on any atom is -0.496 e. The van der Waals surface area contributed by atoms with Crippen LogP contribution in [0.5, 0.6) is 5.75 Å². The number of rotatable bonds is 3. The molecule has 1 fully saturated rings. The zero-order valence-electron chi connectivity index (χ0n) is 10.4. The molecule has 1 aliphatic rings. The number of nitrogens with one attached hydrogen (secondary N) is 2. The van der Waals surface area contributed by atoms with Gasteiger partial charge in [-0.25, -0.2) is 0 Å². The van der Waals surface area contributed by atoms with Crippen molar-refractivity contribution in [3.63, 3.8) is 0 Å². The molecule has 0 spiro atoms. The van der Waals surface area contributed by atoms with Gasteiger partial charge in [-0.2, -0.15) is 0 Å². The first-order chi connectivity index (χ1) is 8.60. The number of hydrogen-bond donors (Lipinski definition) is 3. The third kappa shape index (κ3) is 4.07. The van der Waals surface area contributed by atoms with Crippen LogP contribution in [0.4, 0.5) is 5.69 Å². The summed E-state index contributed by atoms with van der Waals surface area (Å²) in [7, 11) is 1.59. The lowest BCUT2D eigenvalue weighted by Crippen LogP contribution is -2.35. The fraction of sp³-hybridized carbons (Fsp3) is 0.417. The first kappa shape index (κ1) is 16.2. The van der Waals surface area contributed by atoms with E-state index >= 15 is 0 Å². The number of carbonyl (C=O) groups is 1. The van der Waals surface area contributed by atoms with Crippen molar-refractivity contribution in [3.8, 4) is 5.75 Å². The van der Waals surface area contributed by atoms with Crippen molar-refractivity contribution in [3.05, 3.63) is 22.7 Å².